The zero-order valence-electron chi connectivity index (χ0n) is 9.54. The summed E-state index contributed by atoms with van der Waals surface area (Å²) in [6.07, 6.45) is 3.39. The summed E-state index contributed by atoms with van der Waals surface area (Å²) in [5.74, 6) is 0. The summed E-state index contributed by atoms with van der Waals surface area (Å²) in [6, 6.07) is 7.23. The normalized spacial score (nSPS) is 11.0. The predicted molar refractivity (Wildman–Crippen MR) is 69.1 cm³/mol. The number of hydrogen-bond donors (Lipinski definition) is 0. The molecule has 0 atom stereocenters. The third kappa shape index (κ3) is 1.69. The standard InChI is InChI=1S/C12H9ClN4O/c1-16-12(18)11-8(6-14-16)7-17(15-11)10-4-2-9(13)3-5-10/h2-7H,1H3. The summed E-state index contributed by atoms with van der Waals surface area (Å²) in [5, 5.41) is 9.61. The molecule has 0 aliphatic rings. The van der Waals surface area contributed by atoms with E-state index >= 15 is 0 Å². The number of benzene rings is 1. The van der Waals surface area contributed by atoms with Crippen LogP contribution in [0.15, 0.2) is 41.5 Å². The van der Waals surface area contributed by atoms with Gasteiger partial charge in [-0.1, -0.05) is 11.6 Å². The van der Waals surface area contributed by atoms with Crippen molar-refractivity contribution < 1.29 is 0 Å². The van der Waals surface area contributed by atoms with Crippen LogP contribution in [-0.4, -0.2) is 19.6 Å². The highest BCUT2D eigenvalue weighted by molar-refractivity contribution is 6.30. The monoisotopic (exact) mass is 260 g/mol. The van der Waals surface area contributed by atoms with Crippen LogP contribution in [-0.2, 0) is 7.05 Å². The minimum atomic E-state index is -0.208. The number of rotatable bonds is 1. The highest BCUT2D eigenvalue weighted by Gasteiger charge is 2.07. The van der Waals surface area contributed by atoms with Crippen LogP contribution < -0.4 is 5.56 Å². The smallest absolute Gasteiger partial charge is 0.265 e. The molecule has 0 aliphatic carbocycles. The fraction of sp³-hybridized carbons (Fsp3) is 0.0833. The number of hydrogen-bond acceptors (Lipinski definition) is 3. The highest BCUT2D eigenvalue weighted by Crippen LogP contribution is 2.15. The van der Waals surface area contributed by atoms with Gasteiger partial charge in [0, 0.05) is 23.7 Å². The van der Waals surface area contributed by atoms with E-state index in [4.69, 9.17) is 11.6 Å². The molecule has 0 saturated heterocycles. The van der Waals surface area contributed by atoms with Gasteiger partial charge in [0.05, 0.1) is 11.9 Å². The van der Waals surface area contributed by atoms with Crippen LogP contribution in [0.2, 0.25) is 5.02 Å². The molecule has 0 radical (unpaired) electrons. The second kappa shape index (κ2) is 3.96. The fourth-order valence-electron chi connectivity index (χ4n) is 1.73. The SMILES string of the molecule is Cn1ncc2cn(-c3ccc(Cl)cc3)nc2c1=O. The topological polar surface area (TPSA) is 52.7 Å². The predicted octanol–water partition coefficient (Wildman–Crippen LogP) is 1.77. The third-order valence-corrected chi connectivity index (χ3v) is 2.95. The molecule has 0 fully saturated rings. The van der Waals surface area contributed by atoms with Crippen LogP contribution in [0, 0.1) is 0 Å². The average Bonchev–Trinajstić information content (AvgIpc) is 2.80. The van der Waals surface area contributed by atoms with Gasteiger partial charge in [0.2, 0.25) is 0 Å². The van der Waals surface area contributed by atoms with Crippen LogP contribution in [0.3, 0.4) is 0 Å². The maximum Gasteiger partial charge on any atom is 0.294 e. The first kappa shape index (κ1) is 11.0. The Morgan fingerprint density at radius 1 is 1.22 bits per heavy atom. The van der Waals surface area contributed by atoms with Crippen molar-refractivity contribution >= 4 is 22.5 Å². The summed E-state index contributed by atoms with van der Waals surface area (Å²) in [4.78, 5) is 11.8. The Morgan fingerprint density at radius 2 is 1.94 bits per heavy atom. The zero-order valence-corrected chi connectivity index (χ0v) is 10.3. The summed E-state index contributed by atoms with van der Waals surface area (Å²) < 4.78 is 2.91. The van der Waals surface area contributed by atoms with Crippen molar-refractivity contribution in [1.29, 1.82) is 0 Å². The van der Waals surface area contributed by atoms with E-state index in [1.165, 1.54) is 4.68 Å². The molecule has 0 amide bonds. The Kier molecular flexibility index (Phi) is 2.41. The Balaban J connectivity index is 2.22. The van der Waals surface area contributed by atoms with Crippen LogP contribution >= 0.6 is 11.6 Å². The van der Waals surface area contributed by atoms with E-state index in [2.05, 4.69) is 10.2 Å². The van der Waals surface area contributed by atoms with E-state index in [-0.39, 0.29) is 5.56 Å². The van der Waals surface area contributed by atoms with Gasteiger partial charge in [-0.05, 0) is 24.3 Å². The Bertz CT molecular complexity index is 773. The second-order valence-corrected chi connectivity index (χ2v) is 4.36. The first-order valence-corrected chi connectivity index (χ1v) is 5.70. The van der Waals surface area contributed by atoms with Crippen LogP contribution in [0.1, 0.15) is 0 Å². The van der Waals surface area contributed by atoms with E-state index in [1.54, 1.807) is 36.3 Å². The zero-order chi connectivity index (χ0) is 12.7. The lowest BCUT2D eigenvalue weighted by molar-refractivity contribution is 0.715. The molecule has 3 rings (SSSR count). The van der Waals surface area contributed by atoms with Gasteiger partial charge in [-0.2, -0.15) is 10.2 Å². The molecule has 90 valence electrons. The maximum absolute atomic E-state index is 11.8. The molecule has 3 aromatic rings. The Morgan fingerprint density at radius 3 is 2.67 bits per heavy atom. The number of nitrogens with zero attached hydrogens (tertiary/aromatic N) is 4. The summed E-state index contributed by atoms with van der Waals surface area (Å²) in [5.41, 5.74) is 1.04. The van der Waals surface area contributed by atoms with Gasteiger partial charge in [0.1, 0.15) is 0 Å². The lowest BCUT2D eigenvalue weighted by atomic mass is 10.3. The Labute approximate surface area is 107 Å². The van der Waals surface area contributed by atoms with Gasteiger partial charge >= 0.3 is 0 Å². The van der Waals surface area contributed by atoms with Crippen molar-refractivity contribution in [3.05, 3.63) is 52.0 Å². The Hall–Kier alpha value is -2.14. The molecular formula is C12H9ClN4O. The largest absolute Gasteiger partial charge is 0.294 e. The lowest BCUT2D eigenvalue weighted by Crippen LogP contribution is -2.19. The van der Waals surface area contributed by atoms with E-state index in [0.717, 1.165) is 5.69 Å². The first-order valence-electron chi connectivity index (χ1n) is 5.33. The van der Waals surface area contributed by atoms with Gasteiger partial charge in [-0.25, -0.2) is 9.36 Å². The molecule has 0 saturated carbocycles. The highest BCUT2D eigenvalue weighted by atomic mass is 35.5. The van der Waals surface area contributed by atoms with Gasteiger partial charge in [-0.3, -0.25) is 4.79 Å². The van der Waals surface area contributed by atoms with Crippen molar-refractivity contribution in [3.8, 4) is 5.69 Å². The number of fused-ring (bicyclic) bond motifs is 1. The molecule has 0 unspecified atom stereocenters. The van der Waals surface area contributed by atoms with Gasteiger partial charge in [-0.15, -0.1) is 0 Å². The quantitative estimate of drug-likeness (QED) is 0.670. The van der Waals surface area contributed by atoms with Crippen molar-refractivity contribution in [2.75, 3.05) is 0 Å². The molecule has 1 aromatic carbocycles. The molecule has 0 spiro atoms. The average molecular weight is 261 g/mol. The molecule has 0 aliphatic heterocycles. The number of aromatic nitrogens is 4. The molecular weight excluding hydrogens is 252 g/mol. The molecule has 18 heavy (non-hydrogen) atoms. The first-order chi connectivity index (χ1) is 8.65. The van der Waals surface area contributed by atoms with Gasteiger partial charge < -0.3 is 0 Å². The van der Waals surface area contributed by atoms with Crippen LogP contribution in [0.25, 0.3) is 16.6 Å². The molecule has 2 heterocycles. The molecule has 5 nitrogen and oxygen atoms in total. The summed E-state index contributed by atoms with van der Waals surface area (Å²) in [7, 11) is 1.60. The second-order valence-electron chi connectivity index (χ2n) is 3.93. The summed E-state index contributed by atoms with van der Waals surface area (Å²) in [6.45, 7) is 0. The third-order valence-electron chi connectivity index (χ3n) is 2.70. The molecule has 0 N–H and O–H groups in total. The minimum Gasteiger partial charge on any atom is -0.265 e. The van der Waals surface area contributed by atoms with E-state index < -0.39 is 0 Å². The van der Waals surface area contributed by atoms with E-state index in [9.17, 15) is 4.79 Å². The van der Waals surface area contributed by atoms with Gasteiger partial charge in [0.15, 0.2) is 5.52 Å². The van der Waals surface area contributed by atoms with Gasteiger partial charge in [0.25, 0.3) is 5.56 Å². The van der Waals surface area contributed by atoms with Crippen LogP contribution in [0.5, 0.6) is 0 Å². The lowest BCUT2D eigenvalue weighted by Gasteiger charge is -1.99. The maximum atomic E-state index is 11.8. The van der Waals surface area contributed by atoms with E-state index in [1.807, 2.05) is 12.1 Å². The van der Waals surface area contributed by atoms with Crippen molar-refractivity contribution in [1.82, 2.24) is 19.6 Å². The van der Waals surface area contributed by atoms with Crippen molar-refractivity contribution in [3.63, 3.8) is 0 Å². The van der Waals surface area contributed by atoms with E-state index in [0.29, 0.717) is 15.9 Å². The molecule has 0 bridgehead atoms. The van der Waals surface area contributed by atoms with Crippen LogP contribution in [0.4, 0.5) is 0 Å². The summed E-state index contributed by atoms with van der Waals surface area (Å²) >= 11 is 5.83. The van der Waals surface area contributed by atoms with Crippen molar-refractivity contribution in [2.24, 2.45) is 7.05 Å². The number of halogens is 1. The fourth-order valence-corrected chi connectivity index (χ4v) is 1.85. The number of aryl methyl sites for hydroxylation is 1. The molecule has 6 heteroatoms. The minimum absolute atomic E-state index is 0.208. The molecule has 2 aromatic heterocycles. The van der Waals surface area contributed by atoms with Crippen molar-refractivity contribution in [2.45, 2.75) is 0 Å².